The number of benzene rings is 2. The monoisotopic (exact) mass is 492 g/mol. The van der Waals surface area contributed by atoms with Gasteiger partial charge in [0.1, 0.15) is 0 Å². The zero-order valence-electron chi connectivity index (χ0n) is 17.5. The molecule has 0 N–H and O–H groups in total. The van der Waals surface area contributed by atoms with E-state index in [9.17, 15) is 36.2 Å². The maximum atomic E-state index is 13.2. The number of alkyl halides is 6. The summed E-state index contributed by atoms with van der Waals surface area (Å²) in [4.78, 5) is 13.2. The summed E-state index contributed by atoms with van der Waals surface area (Å²) in [5.41, 5.74) is -0.932. The van der Waals surface area contributed by atoms with E-state index < -0.39 is 41.4 Å². The van der Waals surface area contributed by atoms with Crippen LogP contribution in [0.4, 0.5) is 26.3 Å². The van der Waals surface area contributed by atoms with E-state index in [-0.39, 0.29) is 23.0 Å². The normalized spacial score (nSPS) is 21.1. The van der Waals surface area contributed by atoms with E-state index in [1.807, 2.05) is 4.90 Å². The molecule has 0 aromatic heterocycles. The highest BCUT2D eigenvalue weighted by Crippen LogP contribution is 2.40. The first kappa shape index (κ1) is 25.4. The number of piperidine rings is 1. The van der Waals surface area contributed by atoms with E-state index in [0.29, 0.717) is 24.9 Å². The molecule has 1 aliphatic heterocycles. The van der Waals surface area contributed by atoms with Crippen molar-refractivity contribution in [1.82, 2.24) is 4.90 Å². The first-order chi connectivity index (χ1) is 15.3. The molecule has 2 aromatic carbocycles. The van der Waals surface area contributed by atoms with Gasteiger partial charge in [-0.1, -0.05) is 30.7 Å². The van der Waals surface area contributed by atoms with Crippen LogP contribution in [0.25, 0.3) is 0 Å². The molecule has 0 amide bonds. The number of rotatable bonds is 5. The summed E-state index contributed by atoms with van der Waals surface area (Å²) in [6, 6.07) is 7.03. The van der Waals surface area contributed by atoms with Gasteiger partial charge in [-0.15, -0.1) is 0 Å². The second kappa shape index (κ2) is 9.54. The smallest absolute Gasteiger partial charge is 0.416 e. The fourth-order valence-corrected chi connectivity index (χ4v) is 4.39. The SMILES string of the molecule is CC(C(=O)[O-])[C@H]1CCN(Cc2cc(C(F)(F)F)ccc2Cl)[C@@H](c2ccc(C(F)(F)F)cc2)C1. The van der Waals surface area contributed by atoms with Gasteiger partial charge in [-0.3, -0.25) is 4.90 Å². The molecule has 3 nitrogen and oxygen atoms in total. The summed E-state index contributed by atoms with van der Waals surface area (Å²) in [5, 5.41) is 11.5. The molecule has 2 aromatic rings. The van der Waals surface area contributed by atoms with Gasteiger partial charge in [0.2, 0.25) is 0 Å². The van der Waals surface area contributed by atoms with Crippen LogP contribution in [0, 0.1) is 11.8 Å². The number of carboxylic acids is 1. The topological polar surface area (TPSA) is 43.4 Å². The van der Waals surface area contributed by atoms with Crippen molar-refractivity contribution in [2.75, 3.05) is 6.54 Å². The summed E-state index contributed by atoms with van der Waals surface area (Å²) in [5.74, 6) is -2.29. The summed E-state index contributed by atoms with van der Waals surface area (Å²) in [6.45, 7) is 1.88. The highest BCUT2D eigenvalue weighted by Gasteiger charge is 2.35. The molecule has 10 heteroatoms. The molecular formula is C23H21ClF6NO2-. The van der Waals surface area contributed by atoms with Crippen molar-refractivity contribution in [3.05, 3.63) is 69.7 Å². The van der Waals surface area contributed by atoms with Crippen molar-refractivity contribution in [2.45, 2.75) is 44.7 Å². The fourth-order valence-electron chi connectivity index (χ4n) is 4.21. The number of hydrogen-bond donors (Lipinski definition) is 0. The number of nitrogens with zero attached hydrogens (tertiary/aromatic N) is 1. The number of carbonyl (C=O) groups is 1. The van der Waals surface area contributed by atoms with E-state index in [4.69, 9.17) is 11.6 Å². The second-order valence-electron chi connectivity index (χ2n) is 8.30. The largest absolute Gasteiger partial charge is 0.550 e. The van der Waals surface area contributed by atoms with Crippen LogP contribution in [0.1, 0.15) is 48.1 Å². The van der Waals surface area contributed by atoms with Crippen molar-refractivity contribution in [3.63, 3.8) is 0 Å². The third kappa shape index (κ3) is 6.00. The lowest BCUT2D eigenvalue weighted by Gasteiger charge is -2.42. The third-order valence-corrected chi connectivity index (χ3v) is 6.57. The zero-order valence-corrected chi connectivity index (χ0v) is 18.3. The Morgan fingerprint density at radius 1 is 1.06 bits per heavy atom. The van der Waals surface area contributed by atoms with E-state index >= 15 is 0 Å². The van der Waals surface area contributed by atoms with Crippen LogP contribution in [0.15, 0.2) is 42.5 Å². The van der Waals surface area contributed by atoms with Gasteiger partial charge in [0, 0.05) is 23.6 Å². The van der Waals surface area contributed by atoms with E-state index in [0.717, 1.165) is 30.3 Å². The van der Waals surface area contributed by atoms with E-state index in [1.165, 1.54) is 19.1 Å². The molecule has 33 heavy (non-hydrogen) atoms. The Labute approximate surface area is 192 Å². The average molecular weight is 493 g/mol. The van der Waals surface area contributed by atoms with Gasteiger partial charge in [0.05, 0.1) is 11.1 Å². The van der Waals surface area contributed by atoms with Crippen LogP contribution in [-0.2, 0) is 23.7 Å². The van der Waals surface area contributed by atoms with Crippen LogP contribution in [0.5, 0.6) is 0 Å². The second-order valence-corrected chi connectivity index (χ2v) is 8.71. The number of aliphatic carboxylic acids is 1. The van der Waals surface area contributed by atoms with Crippen molar-refractivity contribution >= 4 is 17.6 Å². The Morgan fingerprint density at radius 2 is 1.64 bits per heavy atom. The third-order valence-electron chi connectivity index (χ3n) is 6.20. The van der Waals surface area contributed by atoms with E-state index in [1.54, 1.807) is 0 Å². The molecule has 3 atom stereocenters. The molecule has 1 aliphatic rings. The molecule has 0 aliphatic carbocycles. The van der Waals surface area contributed by atoms with Crippen LogP contribution in [0.3, 0.4) is 0 Å². The van der Waals surface area contributed by atoms with Crippen molar-refractivity contribution in [1.29, 1.82) is 0 Å². The molecule has 1 unspecified atom stereocenters. The lowest BCUT2D eigenvalue weighted by Crippen LogP contribution is -2.42. The molecule has 180 valence electrons. The summed E-state index contributed by atoms with van der Waals surface area (Å²) < 4.78 is 78.4. The maximum absolute atomic E-state index is 13.2. The first-order valence-electron chi connectivity index (χ1n) is 10.2. The Balaban J connectivity index is 1.93. The van der Waals surface area contributed by atoms with Crippen LogP contribution < -0.4 is 5.11 Å². The average Bonchev–Trinajstić information content (AvgIpc) is 2.73. The molecule has 3 rings (SSSR count). The number of carboxylic acid groups (broad SMARTS) is 1. The highest BCUT2D eigenvalue weighted by molar-refractivity contribution is 6.31. The van der Waals surface area contributed by atoms with Crippen molar-refractivity contribution in [2.24, 2.45) is 11.8 Å². The first-order valence-corrected chi connectivity index (χ1v) is 10.6. The quantitative estimate of drug-likeness (QED) is 0.502. The fraction of sp³-hybridized carbons (Fsp3) is 0.435. The van der Waals surface area contributed by atoms with Crippen LogP contribution in [-0.4, -0.2) is 17.4 Å². The Hall–Kier alpha value is -2.26. The lowest BCUT2D eigenvalue weighted by molar-refractivity contribution is -0.313. The van der Waals surface area contributed by atoms with Crippen molar-refractivity contribution < 1.29 is 36.2 Å². The Kier molecular flexibility index (Phi) is 7.33. The number of likely N-dealkylation sites (tertiary alicyclic amines) is 1. The zero-order chi connectivity index (χ0) is 24.6. The number of halogens is 7. The minimum atomic E-state index is -4.55. The van der Waals surface area contributed by atoms with Gasteiger partial charge in [-0.25, -0.2) is 0 Å². The molecule has 1 fully saturated rings. The van der Waals surface area contributed by atoms with Gasteiger partial charge in [0.15, 0.2) is 0 Å². The van der Waals surface area contributed by atoms with Gasteiger partial charge in [-0.05, 0) is 72.7 Å². The minimum Gasteiger partial charge on any atom is -0.550 e. The summed E-state index contributed by atoms with van der Waals surface area (Å²) in [7, 11) is 0. The summed E-state index contributed by atoms with van der Waals surface area (Å²) >= 11 is 6.15. The number of carbonyl (C=O) groups excluding carboxylic acids is 1. The number of hydrogen-bond acceptors (Lipinski definition) is 3. The molecule has 0 spiro atoms. The van der Waals surface area contributed by atoms with Gasteiger partial charge in [0.25, 0.3) is 0 Å². The predicted octanol–water partition coefficient (Wildman–Crippen LogP) is 5.72. The Bertz CT molecular complexity index is 990. The lowest BCUT2D eigenvalue weighted by atomic mass is 9.79. The highest BCUT2D eigenvalue weighted by atomic mass is 35.5. The van der Waals surface area contributed by atoms with Gasteiger partial charge in [-0.2, -0.15) is 26.3 Å². The van der Waals surface area contributed by atoms with E-state index in [2.05, 4.69) is 0 Å². The van der Waals surface area contributed by atoms with Gasteiger partial charge >= 0.3 is 12.4 Å². The standard InChI is InChI=1S/C23H22ClF6NO2/c1-13(21(32)33)15-8-9-31(12-16-10-18(23(28,29)30)6-7-19(16)24)20(11-15)14-2-4-17(5-3-14)22(25,26)27/h2-7,10,13,15,20H,8-9,11-12H2,1H3,(H,32,33)/p-1/t13?,15-,20+/m0/s1. The molecule has 1 heterocycles. The maximum Gasteiger partial charge on any atom is 0.416 e. The predicted molar refractivity (Wildman–Crippen MR) is 108 cm³/mol. The van der Waals surface area contributed by atoms with Crippen molar-refractivity contribution in [3.8, 4) is 0 Å². The van der Waals surface area contributed by atoms with Gasteiger partial charge < -0.3 is 9.90 Å². The molecule has 0 saturated carbocycles. The summed E-state index contributed by atoms with van der Waals surface area (Å²) in [6.07, 6.45) is -8.31. The molecule has 0 radical (unpaired) electrons. The molecular weight excluding hydrogens is 472 g/mol. The van der Waals surface area contributed by atoms with Crippen LogP contribution >= 0.6 is 11.6 Å². The minimum absolute atomic E-state index is 0.0286. The van der Waals surface area contributed by atoms with Crippen LogP contribution in [0.2, 0.25) is 5.02 Å². The molecule has 0 bridgehead atoms. The molecule has 1 saturated heterocycles. The Morgan fingerprint density at radius 3 is 2.18 bits per heavy atom.